The Hall–Kier alpha value is -3.36. The van der Waals surface area contributed by atoms with E-state index in [9.17, 15) is 14.4 Å². The Labute approximate surface area is 193 Å². The quantitative estimate of drug-likeness (QED) is 0.607. The first-order valence-electron chi connectivity index (χ1n) is 11.2. The molecule has 1 aliphatic heterocycles. The van der Waals surface area contributed by atoms with Gasteiger partial charge in [-0.05, 0) is 37.8 Å². The first-order chi connectivity index (χ1) is 15.8. The fourth-order valence-corrected chi connectivity index (χ4v) is 3.82. The molecule has 178 valence electrons. The van der Waals surface area contributed by atoms with Gasteiger partial charge in [0.1, 0.15) is 11.8 Å². The average Bonchev–Trinajstić information content (AvgIpc) is 3.32. The van der Waals surface area contributed by atoms with E-state index in [0.717, 1.165) is 5.56 Å². The van der Waals surface area contributed by atoms with Gasteiger partial charge in [0.05, 0.1) is 19.6 Å². The summed E-state index contributed by atoms with van der Waals surface area (Å²) in [6.45, 7) is 6.77. The molecule has 0 bridgehead atoms. The van der Waals surface area contributed by atoms with Crippen LogP contribution in [-0.2, 0) is 14.3 Å². The molecule has 0 aliphatic carbocycles. The smallest absolute Gasteiger partial charge is 0.309 e. The lowest BCUT2D eigenvalue weighted by atomic mass is 9.95. The molecule has 2 heterocycles. The molecule has 0 radical (unpaired) electrons. The van der Waals surface area contributed by atoms with E-state index in [1.807, 2.05) is 32.0 Å². The zero-order chi connectivity index (χ0) is 24.0. The molecule has 1 N–H and O–H groups in total. The van der Waals surface area contributed by atoms with E-state index in [4.69, 9.17) is 14.0 Å². The number of amides is 2. The summed E-state index contributed by atoms with van der Waals surface area (Å²) in [5, 5.41) is 6.68. The van der Waals surface area contributed by atoms with Crippen molar-refractivity contribution in [2.45, 2.75) is 39.7 Å². The van der Waals surface area contributed by atoms with Crippen molar-refractivity contribution >= 4 is 17.8 Å². The van der Waals surface area contributed by atoms with Gasteiger partial charge in [-0.15, -0.1) is 0 Å². The number of carbonyl (C=O) groups excluding carboxylic acids is 3. The normalized spacial score (nSPS) is 15.2. The zero-order valence-electron chi connectivity index (χ0n) is 19.5. The predicted molar refractivity (Wildman–Crippen MR) is 121 cm³/mol. The number of ether oxygens (including phenoxy) is 2. The number of likely N-dealkylation sites (tertiary alicyclic amines) is 1. The standard InChI is InChI=1S/C24H31N3O6/c1-5-32-24(30)16-9-11-27(12-10-16)23(29)21(15(2)3)25-22(28)19-14-20(33-26-19)17-7-6-8-18(13-17)31-4/h6-8,13-16,21H,5,9-12H2,1-4H3,(H,25,28). The van der Waals surface area contributed by atoms with Crippen molar-refractivity contribution in [3.8, 4) is 17.1 Å². The lowest BCUT2D eigenvalue weighted by molar-refractivity contribution is -0.151. The molecule has 3 rings (SSSR count). The Morgan fingerprint density at radius 2 is 1.94 bits per heavy atom. The van der Waals surface area contributed by atoms with E-state index < -0.39 is 11.9 Å². The lowest BCUT2D eigenvalue weighted by Crippen LogP contribution is -2.53. The SMILES string of the molecule is CCOC(=O)C1CCN(C(=O)C(NC(=O)c2cc(-c3cccc(OC)c3)on2)C(C)C)CC1. The molecular formula is C24H31N3O6. The minimum absolute atomic E-state index is 0.0901. The van der Waals surface area contributed by atoms with Crippen LogP contribution in [0.3, 0.4) is 0 Å². The Balaban J connectivity index is 1.64. The topological polar surface area (TPSA) is 111 Å². The van der Waals surface area contributed by atoms with Crippen LogP contribution in [0, 0.1) is 11.8 Å². The number of aromatic nitrogens is 1. The van der Waals surface area contributed by atoms with Gasteiger partial charge in [-0.3, -0.25) is 14.4 Å². The third kappa shape index (κ3) is 5.91. The maximum Gasteiger partial charge on any atom is 0.309 e. The summed E-state index contributed by atoms with van der Waals surface area (Å²) in [6.07, 6.45) is 1.10. The fraction of sp³-hybridized carbons (Fsp3) is 0.500. The van der Waals surface area contributed by atoms with Crippen LogP contribution in [0.2, 0.25) is 0 Å². The summed E-state index contributed by atoms with van der Waals surface area (Å²) < 4.78 is 15.6. The first kappa shape index (κ1) is 24.3. The first-order valence-corrected chi connectivity index (χ1v) is 11.2. The second-order valence-corrected chi connectivity index (χ2v) is 8.36. The Kier molecular flexibility index (Phi) is 8.08. The number of carbonyl (C=O) groups is 3. The number of rotatable bonds is 8. The molecule has 1 fully saturated rings. The predicted octanol–water partition coefficient (Wildman–Crippen LogP) is 2.91. The van der Waals surface area contributed by atoms with Crippen molar-refractivity contribution in [3.05, 3.63) is 36.0 Å². The molecule has 2 amide bonds. The molecule has 0 saturated carbocycles. The molecule has 1 atom stereocenters. The summed E-state index contributed by atoms with van der Waals surface area (Å²) in [5.74, 6) is -0.102. The summed E-state index contributed by atoms with van der Waals surface area (Å²) in [4.78, 5) is 39.6. The molecule has 2 aromatic rings. The van der Waals surface area contributed by atoms with Crippen LogP contribution in [-0.4, -0.2) is 60.7 Å². The van der Waals surface area contributed by atoms with E-state index >= 15 is 0 Å². The number of hydrogen-bond donors (Lipinski definition) is 1. The number of esters is 1. The summed E-state index contributed by atoms with van der Waals surface area (Å²) in [6, 6.07) is 8.05. The number of benzene rings is 1. The highest BCUT2D eigenvalue weighted by Gasteiger charge is 2.34. The van der Waals surface area contributed by atoms with Crippen molar-refractivity contribution < 1.29 is 28.4 Å². The van der Waals surface area contributed by atoms with Crippen LogP contribution in [0.1, 0.15) is 44.1 Å². The highest BCUT2D eigenvalue weighted by atomic mass is 16.5. The van der Waals surface area contributed by atoms with Crippen LogP contribution in [0.25, 0.3) is 11.3 Å². The van der Waals surface area contributed by atoms with E-state index in [0.29, 0.717) is 44.0 Å². The van der Waals surface area contributed by atoms with Gasteiger partial charge in [0, 0.05) is 24.7 Å². The summed E-state index contributed by atoms with van der Waals surface area (Å²) >= 11 is 0. The zero-order valence-corrected chi connectivity index (χ0v) is 19.5. The van der Waals surface area contributed by atoms with Crippen LogP contribution < -0.4 is 10.1 Å². The van der Waals surface area contributed by atoms with Crippen LogP contribution in [0.4, 0.5) is 0 Å². The molecule has 33 heavy (non-hydrogen) atoms. The van der Waals surface area contributed by atoms with Gasteiger partial charge in [0.25, 0.3) is 5.91 Å². The molecular weight excluding hydrogens is 426 g/mol. The van der Waals surface area contributed by atoms with Gasteiger partial charge in [0.15, 0.2) is 11.5 Å². The molecule has 9 heteroatoms. The van der Waals surface area contributed by atoms with Gasteiger partial charge in [0.2, 0.25) is 5.91 Å². The molecule has 1 aliphatic rings. The minimum Gasteiger partial charge on any atom is -0.497 e. The number of methoxy groups -OCH3 is 1. The van der Waals surface area contributed by atoms with Gasteiger partial charge in [-0.2, -0.15) is 0 Å². The fourth-order valence-electron chi connectivity index (χ4n) is 3.82. The maximum atomic E-state index is 13.1. The van der Waals surface area contributed by atoms with Gasteiger partial charge < -0.3 is 24.2 Å². The number of piperidine rings is 1. The number of nitrogens with zero attached hydrogens (tertiary/aromatic N) is 2. The molecule has 1 aromatic heterocycles. The summed E-state index contributed by atoms with van der Waals surface area (Å²) in [7, 11) is 1.57. The van der Waals surface area contributed by atoms with E-state index in [-0.39, 0.29) is 29.4 Å². The molecule has 0 spiro atoms. The van der Waals surface area contributed by atoms with E-state index in [1.54, 1.807) is 25.0 Å². The van der Waals surface area contributed by atoms with Crippen molar-refractivity contribution in [2.24, 2.45) is 11.8 Å². The largest absolute Gasteiger partial charge is 0.497 e. The molecule has 1 saturated heterocycles. The van der Waals surface area contributed by atoms with Crippen molar-refractivity contribution in [1.82, 2.24) is 15.4 Å². The highest BCUT2D eigenvalue weighted by Crippen LogP contribution is 2.25. The maximum absolute atomic E-state index is 13.1. The van der Waals surface area contributed by atoms with Gasteiger partial charge >= 0.3 is 5.97 Å². The Morgan fingerprint density at radius 3 is 2.58 bits per heavy atom. The molecule has 1 unspecified atom stereocenters. The van der Waals surface area contributed by atoms with Crippen LogP contribution in [0.15, 0.2) is 34.9 Å². The number of hydrogen-bond acceptors (Lipinski definition) is 7. The summed E-state index contributed by atoms with van der Waals surface area (Å²) in [5.41, 5.74) is 0.814. The third-order valence-corrected chi connectivity index (χ3v) is 5.74. The third-order valence-electron chi connectivity index (χ3n) is 5.74. The minimum atomic E-state index is -0.714. The van der Waals surface area contributed by atoms with Crippen molar-refractivity contribution in [3.63, 3.8) is 0 Å². The van der Waals surface area contributed by atoms with Crippen molar-refractivity contribution in [1.29, 1.82) is 0 Å². The van der Waals surface area contributed by atoms with Crippen LogP contribution >= 0.6 is 0 Å². The van der Waals surface area contributed by atoms with Crippen molar-refractivity contribution in [2.75, 3.05) is 26.8 Å². The average molecular weight is 458 g/mol. The monoisotopic (exact) mass is 457 g/mol. The number of nitrogens with one attached hydrogen (secondary N) is 1. The second kappa shape index (κ2) is 11.0. The van der Waals surface area contributed by atoms with Gasteiger partial charge in [-0.1, -0.05) is 31.1 Å². The van der Waals surface area contributed by atoms with Crippen LogP contribution in [0.5, 0.6) is 5.75 Å². The highest BCUT2D eigenvalue weighted by molar-refractivity contribution is 5.96. The Bertz CT molecular complexity index is 978. The Morgan fingerprint density at radius 1 is 1.21 bits per heavy atom. The van der Waals surface area contributed by atoms with E-state index in [2.05, 4.69) is 10.5 Å². The van der Waals surface area contributed by atoms with Gasteiger partial charge in [-0.25, -0.2) is 0 Å². The van der Waals surface area contributed by atoms with E-state index in [1.165, 1.54) is 6.07 Å². The molecule has 9 nitrogen and oxygen atoms in total. The second-order valence-electron chi connectivity index (χ2n) is 8.36. The lowest BCUT2D eigenvalue weighted by Gasteiger charge is -2.34. The molecule has 1 aromatic carbocycles.